The van der Waals surface area contributed by atoms with Crippen molar-refractivity contribution in [2.45, 2.75) is 16.7 Å². The normalized spacial score (nSPS) is 19.1. The van der Waals surface area contributed by atoms with Crippen molar-refractivity contribution >= 4 is 50.7 Å². The number of alkyl halides is 2. The lowest BCUT2D eigenvalue weighted by molar-refractivity contribution is 0.102. The maximum absolute atomic E-state index is 12.1. The van der Waals surface area contributed by atoms with Gasteiger partial charge in [-0.05, 0) is 48.4 Å². The van der Waals surface area contributed by atoms with Gasteiger partial charge < -0.3 is 5.32 Å². The fraction of sp³-hybridized carbons (Fsp3) is 0.188. The van der Waals surface area contributed by atoms with Crippen molar-refractivity contribution in [1.29, 1.82) is 0 Å². The zero-order valence-corrected chi connectivity index (χ0v) is 14.0. The molecule has 0 bridgehead atoms. The molecule has 108 valence electrons. The van der Waals surface area contributed by atoms with E-state index in [-0.39, 0.29) is 11.8 Å². The van der Waals surface area contributed by atoms with Crippen LogP contribution in [0.5, 0.6) is 0 Å². The van der Waals surface area contributed by atoms with Gasteiger partial charge in [-0.25, -0.2) is 0 Å². The van der Waals surface area contributed by atoms with Crippen LogP contribution in [0.4, 0.5) is 5.69 Å². The van der Waals surface area contributed by atoms with E-state index in [2.05, 4.69) is 21.2 Å². The summed E-state index contributed by atoms with van der Waals surface area (Å²) in [5, 5.41) is 2.86. The van der Waals surface area contributed by atoms with E-state index in [1.165, 1.54) is 0 Å². The average molecular weight is 385 g/mol. The lowest BCUT2D eigenvalue weighted by Gasteiger charge is -2.07. The van der Waals surface area contributed by atoms with Crippen LogP contribution < -0.4 is 5.32 Å². The van der Waals surface area contributed by atoms with Gasteiger partial charge in [0.15, 0.2) is 0 Å². The second-order valence-electron chi connectivity index (χ2n) is 5.10. The number of rotatable bonds is 3. The van der Waals surface area contributed by atoms with Crippen molar-refractivity contribution in [2.75, 3.05) is 5.32 Å². The van der Waals surface area contributed by atoms with Crippen molar-refractivity contribution < 1.29 is 4.79 Å². The molecule has 21 heavy (non-hydrogen) atoms. The Morgan fingerprint density at radius 2 is 1.67 bits per heavy atom. The molecular weight excluding hydrogens is 373 g/mol. The van der Waals surface area contributed by atoms with E-state index >= 15 is 0 Å². The van der Waals surface area contributed by atoms with Crippen molar-refractivity contribution in [3.05, 3.63) is 64.1 Å². The summed E-state index contributed by atoms with van der Waals surface area (Å²) in [4.78, 5) is 12.1. The molecule has 0 radical (unpaired) electrons. The molecule has 5 heteroatoms. The third-order valence-electron chi connectivity index (χ3n) is 3.50. The quantitative estimate of drug-likeness (QED) is 0.708. The highest BCUT2D eigenvalue weighted by Crippen LogP contribution is 2.59. The van der Waals surface area contributed by atoms with E-state index in [9.17, 15) is 4.79 Å². The fourth-order valence-electron chi connectivity index (χ4n) is 2.18. The van der Waals surface area contributed by atoms with Crippen LogP contribution >= 0.6 is 39.1 Å². The zero-order valence-electron chi connectivity index (χ0n) is 10.9. The minimum atomic E-state index is -0.623. The summed E-state index contributed by atoms with van der Waals surface area (Å²) in [6.45, 7) is 0. The molecule has 0 aliphatic heterocycles. The monoisotopic (exact) mass is 383 g/mol. The molecule has 1 atom stereocenters. The number of halogens is 3. The Hall–Kier alpha value is -1.03. The van der Waals surface area contributed by atoms with Crippen molar-refractivity contribution in [2.24, 2.45) is 0 Å². The van der Waals surface area contributed by atoms with E-state index in [1.807, 2.05) is 36.4 Å². The Bertz CT molecular complexity index is 668. The molecule has 2 nitrogen and oxygen atoms in total. The highest BCUT2D eigenvalue weighted by molar-refractivity contribution is 9.10. The van der Waals surface area contributed by atoms with Gasteiger partial charge in [0.05, 0.1) is 0 Å². The lowest BCUT2D eigenvalue weighted by Crippen LogP contribution is -2.11. The standard InChI is InChI=1S/C16H12BrCl2NO/c17-12-5-1-11(2-6-12)15(21)20-13-7-3-10(4-8-13)14-9-16(14,18)19/h1-8,14H,9H2,(H,20,21)/t14-/m0/s1. The van der Waals surface area contributed by atoms with Gasteiger partial charge in [0.25, 0.3) is 5.91 Å². The van der Waals surface area contributed by atoms with Crippen LogP contribution in [-0.4, -0.2) is 10.2 Å². The van der Waals surface area contributed by atoms with Gasteiger partial charge in [-0.3, -0.25) is 4.79 Å². The van der Waals surface area contributed by atoms with Crippen LogP contribution in [0.25, 0.3) is 0 Å². The van der Waals surface area contributed by atoms with Gasteiger partial charge in [0.2, 0.25) is 0 Å². The van der Waals surface area contributed by atoms with Gasteiger partial charge in [0.1, 0.15) is 4.33 Å². The first-order valence-corrected chi connectivity index (χ1v) is 8.05. The van der Waals surface area contributed by atoms with Crippen LogP contribution in [-0.2, 0) is 0 Å². The number of carbonyl (C=O) groups is 1. The van der Waals surface area contributed by atoms with Gasteiger partial charge in [0, 0.05) is 21.6 Å². The molecule has 1 amide bonds. The van der Waals surface area contributed by atoms with Crippen LogP contribution in [0.15, 0.2) is 53.0 Å². The minimum absolute atomic E-state index is 0.134. The van der Waals surface area contributed by atoms with E-state index in [4.69, 9.17) is 23.2 Å². The molecule has 2 aromatic rings. The number of nitrogens with one attached hydrogen (secondary N) is 1. The molecule has 0 heterocycles. The summed E-state index contributed by atoms with van der Waals surface area (Å²) in [6.07, 6.45) is 0.778. The Kier molecular flexibility index (Phi) is 4.00. The predicted octanol–water partition coefficient (Wildman–Crippen LogP) is 5.36. The Balaban J connectivity index is 1.68. The summed E-state index contributed by atoms with van der Waals surface area (Å²) < 4.78 is 0.320. The highest BCUT2D eigenvalue weighted by Gasteiger charge is 2.52. The largest absolute Gasteiger partial charge is 0.322 e. The highest BCUT2D eigenvalue weighted by atomic mass is 79.9. The second-order valence-corrected chi connectivity index (χ2v) is 7.56. The van der Waals surface area contributed by atoms with Crippen molar-refractivity contribution in [3.8, 4) is 0 Å². The maximum atomic E-state index is 12.1. The number of hydrogen-bond acceptors (Lipinski definition) is 1. The zero-order chi connectivity index (χ0) is 15.0. The van der Waals surface area contributed by atoms with Crippen LogP contribution in [0.3, 0.4) is 0 Å². The number of hydrogen-bond donors (Lipinski definition) is 1. The van der Waals surface area contributed by atoms with Gasteiger partial charge in [-0.1, -0.05) is 28.1 Å². The van der Waals surface area contributed by atoms with Crippen molar-refractivity contribution in [1.82, 2.24) is 0 Å². The summed E-state index contributed by atoms with van der Waals surface area (Å²) >= 11 is 15.4. The molecule has 0 saturated heterocycles. The maximum Gasteiger partial charge on any atom is 0.255 e. The summed E-state index contributed by atoms with van der Waals surface area (Å²) in [7, 11) is 0. The minimum Gasteiger partial charge on any atom is -0.322 e. The molecule has 1 N–H and O–H groups in total. The first kappa shape index (κ1) is 14.9. The Morgan fingerprint density at radius 1 is 1.10 bits per heavy atom. The van der Waals surface area contributed by atoms with Gasteiger partial charge >= 0.3 is 0 Å². The molecule has 0 spiro atoms. The number of anilines is 1. The average Bonchev–Trinajstić information content (AvgIpc) is 3.09. The van der Waals surface area contributed by atoms with Crippen LogP contribution in [0.2, 0.25) is 0 Å². The summed E-state index contributed by atoms with van der Waals surface area (Å²) in [5.41, 5.74) is 2.47. The molecule has 2 aromatic carbocycles. The summed E-state index contributed by atoms with van der Waals surface area (Å²) in [6, 6.07) is 14.9. The van der Waals surface area contributed by atoms with Gasteiger partial charge in [-0.15, -0.1) is 23.2 Å². The van der Waals surface area contributed by atoms with E-state index in [1.54, 1.807) is 12.1 Å². The third kappa shape index (κ3) is 3.42. The lowest BCUT2D eigenvalue weighted by atomic mass is 10.1. The van der Waals surface area contributed by atoms with Gasteiger partial charge in [-0.2, -0.15) is 0 Å². The molecule has 1 fully saturated rings. The molecule has 0 aromatic heterocycles. The second kappa shape index (κ2) is 5.64. The molecule has 1 saturated carbocycles. The topological polar surface area (TPSA) is 29.1 Å². The fourth-order valence-corrected chi connectivity index (χ4v) is 3.00. The smallest absolute Gasteiger partial charge is 0.255 e. The SMILES string of the molecule is O=C(Nc1ccc([C@@H]2CC2(Cl)Cl)cc1)c1ccc(Br)cc1. The van der Waals surface area contributed by atoms with E-state index in [0.29, 0.717) is 5.56 Å². The molecule has 1 aliphatic carbocycles. The number of benzene rings is 2. The van der Waals surface area contributed by atoms with Crippen LogP contribution in [0, 0.1) is 0 Å². The first-order chi connectivity index (χ1) is 9.95. The third-order valence-corrected chi connectivity index (χ3v) is 4.87. The first-order valence-electron chi connectivity index (χ1n) is 6.50. The van der Waals surface area contributed by atoms with Crippen molar-refractivity contribution in [3.63, 3.8) is 0 Å². The molecule has 1 aliphatic rings. The van der Waals surface area contributed by atoms with E-state index in [0.717, 1.165) is 22.1 Å². The predicted molar refractivity (Wildman–Crippen MR) is 90.3 cm³/mol. The molecule has 0 unspecified atom stereocenters. The number of carbonyl (C=O) groups excluding carboxylic acids is 1. The Labute approximate surface area is 141 Å². The Morgan fingerprint density at radius 3 is 2.19 bits per heavy atom. The summed E-state index contributed by atoms with van der Waals surface area (Å²) in [5.74, 6) is 0.0581. The van der Waals surface area contributed by atoms with E-state index < -0.39 is 4.33 Å². The molecular formula is C16H12BrCl2NO. The van der Waals surface area contributed by atoms with Crippen LogP contribution in [0.1, 0.15) is 28.3 Å². The number of amides is 1. The molecule has 3 rings (SSSR count).